The van der Waals surface area contributed by atoms with Gasteiger partial charge in [-0.1, -0.05) is 37.0 Å². The molecule has 0 radical (unpaired) electrons. The minimum Gasteiger partial charge on any atom is -0.308 e. The van der Waals surface area contributed by atoms with Crippen LogP contribution in [0.1, 0.15) is 19.5 Å². The predicted molar refractivity (Wildman–Crippen MR) is 81.6 cm³/mol. The van der Waals surface area contributed by atoms with Crippen molar-refractivity contribution in [3.63, 3.8) is 0 Å². The largest absolute Gasteiger partial charge is 0.308 e. The Morgan fingerprint density at radius 3 is 2.60 bits per heavy atom. The van der Waals surface area contributed by atoms with Crippen LogP contribution in [0.5, 0.6) is 0 Å². The number of nitrogen functional groups attached to an aromatic ring is 1. The van der Waals surface area contributed by atoms with Crippen molar-refractivity contribution < 1.29 is 0 Å². The van der Waals surface area contributed by atoms with Crippen molar-refractivity contribution >= 4 is 29.0 Å². The second-order valence-corrected chi connectivity index (χ2v) is 5.64. The van der Waals surface area contributed by atoms with Crippen LogP contribution in [0.15, 0.2) is 18.3 Å². The maximum absolute atomic E-state index is 6.14. The molecule has 0 bridgehead atoms. The number of nitrogens with two attached hydrogens (primary N) is 1. The van der Waals surface area contributed by atoms with Gasteiger partial charge in [0.05, 0.1) is 10.0 Å². The molecule has 0 unspecified atom stereocenters. The fraction of sp³-hybridized carbons (Fsp3) is 0.308. The zero-order valence-electron chi connectivity index (χ0n) is 11.2. The standard InChI is InChI=1S/C13H15Cl2N5/c1-7(2)3-9-5-11(20-16)19-13(18-9)12-10(15)4-8(14)6-17-12/h4-7H,3,16H2,1-2H3,(H,18,19,20). The molecular weight excluding hydrogens is 297 g/mol. The summed E-state index contributed by atoms with van der Waals surface area (Å²) in [7, 11) is 0. The third kappa shape index (κ3) is 3.56. The van der Waals surface area contributed by atoms with E-state index in [4.69, 9.17) is 29.0 Å². The first kappa shape index (κ1) is 15.0. The highest BCUT2D eigenvalue weighted by Gasteiger charge is 2.12. The van der Waals surface area contributed by atoms with Crippen LogP contribution in [0.2, 0.25) is 10.0 Å². The zero-order chi connectivity index (χ0) is 14.7. The van der Waals surface area contributed by atoms with Crippen LogP contribution in [-0.2, 0) is 6.42 Å². The molecule has 0 aliphatic heterocycles. The summed E-state index contributed by atoms with van der Waals surface area (Å²) in [5.74, 6) is 6.87. The number of rotatable bonds is 4. The Kier molecular flexibility index (Phi) is 4.75. The van der Waals surface area contributed by atoms with Crippen molar-refractivity contribution in [3.05, 3.63) is 34.1 Å². The summed E-state index contributed by atoms with van der Waals surface area (Å²) in [6, 6.07) is 3.42. The molecule has 5 nitrogen and oxygen atoms in total. The normalized spacial score (nSPS) is 10.9. The number of pyridine rings is 1. The Hall–Kier alpha value is -1.43. The van der Waals surface area contributed by atoms with Crippen molar-refractivity contribution in [3.8, 4) is 11.5 Å². The van der Waals surface area contributed by atoms with E-state index in [2.05, 4.69) is 34.2 Å². The Morgan fingerprint density at radius 2 is 2.00 bits per heavy atom. The van der Waals surface area contributed by atoms with Crippen molar-refractivity contribution in [1.29, 1.82) is 0 Å². The van der Waals surface area contributed by atoms with Crippen LogP contribution >= 0.6 is 23.2 Å². The summed E-state index contributed by atoms with van der Waals surface area (Å²) >= 11 is 12.0. The maximum Gasteiger partial charge on any atom is 0.182 e. The predicted octanol–water partition coefficient (Wildman–Crippen LogP) is 3.33. The molecule has 106 valence electrons. The van der Waals surface area contributed by atoms with E-state index < -0.39 is 0 Å². The molecule has 7 heteroatoms. The topological polar surface area (TPSA) is 76.7 Å². The van der Waals surface area contributed by atoms with E-state index in [-0.39, 0.29) is 0 Å². The van der Waals surface area contributed by atoms with E-state index >= 15 is 0 Å². The van der Waals surface area contributed by atoms with E-state index in [0.29, 0.717) is 33.3 Å². The Labute approximate surface area is 127 Å². The zero-order valence-corrected chi connectivity index (χ0v) is 12.7. The Balaban J connectivity index is 2.49. The third-order valence-corrected chi connectivity index (χ3v) is 3.06. The molecule has 0 atom stereocenters. The second-order valence-electron chi connectivity index (χ2n) is 4.79. The van der Waals surface area contributed by atoms with Gasteiger partial charge >= 0.3 is 0 Å². The highest BCUT2D eigenvalue weighted by molar-refractivity contribution is 6.35. The summed E-state index contributed by atoms with van der Waals surface area (Å²) in [6.45, 7) is 4.23. The summed E-state index contributed by atoms with van der Waals surface area (Å²) in [5, 5.41) is 0.872. The Morgan fingerprint density at radius 1 is 1.25 bits per heavy atom. The van der Waals surface area contributed by atoms with E-state index in [1.165, 1.54) is 6.20 Å². The van der Waals surface area contributed by atoms with E-state index in [1.54, 1.807) is 6.07 Å². The SMILES string of the molecule is CC(C)Cc1cc(NN)nc(-c2ncc(Cl)cc2Cl)n1. The van der Waals surface area contributed by atoms with Gasteiger partial charge in [0.15, 0.2) is 5.82 Å². The van der Waals surface area contributed by atoms with Gasteiger partial charge in [0.25, 0.3) is 0 Å². The summed E-state index contributed by atoms with van der Waals surface area (Å²) < 4.78 is 0. The first-order valence-electron chi connectivity index (χ1n) is 6.15. The van der Waals surface area contributed by atoms with Crippen LogP contribution in [0, 0.1) is 5.92 Å². The number of halogens is 2. The van der Waals surface area contributed by atoms with E-state index in [0.717, 1.165) is 12.1 Å². The lowest BCUT2D eigenvalue weighted by molar-refractivity contribution is 0.634. The van der Waals surface area contributed by atoms with Gasteiger partial charge in [-0.2, -0.15) is 0 Å². The average Bonchev–Trinajstić information content (AvgIpc) is 2.37. The quantitative estimate of drug-likeness (QED) is 0.669. The van der Waals surface area contributed by atoms with Gasteiger partial charge in [0.2, 0.25) is 0 Å². The number of hydrogen-bond acceptors (Lipinski definition) is 5. The fourth-order valence-electron chi connectivity index (χ4n) is 1.78. The Bertz CT molecular complexity index is 616. The average molecular weight is 312 g/mol. The van der Waals surface area contributed by atoms with Gasteiger partial charge in [-0.3, -0.25) is 0 Å². The molecule has 2 aromatic rings. The van der Waals surface area contributed by atoms with Crippen LogP contribution in [0.25, 0.3) is 11.5 Å². The van der Waals surface area contributed by atoms with Gasteiger partial charge in [0, 0.05) is 18.0 Å². The number of hydrazine groups is 1. The number of aromatic nitrogens is 3. The molecule has 2 heterocycles. The maximum atomic E-state index is 6.14. The molecule has 2 rings (SSSR count). The first-order chi connectivity index (χ1) is 9.49. The van der Waals surface area contributed by atoms with Crippen molar-refractivity contribution in [1.82, 2.24) is 15.0 Å². The van der Waals surface area contributed by atoms with Crippen molar-refractivity contribution in [2.75, 3.05) is 5.43 Å². The number of hydrogen-bond donors (Lipinski definition) is 2. The smallest absolute Gasteiger partial charge is 0.182 e. The van der Waals surface area contributed by atoms with Gasteiger partial charge in [-0.05, 0) is 18.4 Å². The van der Waals surface area contributed by atoms with Crippen molar-refractivity contribution in [2.24, 2.45) is 11.8 Å². The molecule has 0 saturated heterocycles. The molecule has 20 heavy (non-hydrogen) atoms. The molecule has 0 aliphatic rings. The molecule has 0 amide bonds. The fourth-order valence-corrected chi connectivity index (χ4v) is 2.24. The minimum atomic E-state index is 0.405. The molecule has 0 spiro atoms. The molecule has 3 N–H and O–H groups in total. The first-order valence-corrected chi connectivity index (χ1v) is 6.91. The van der Waals surface area contributed by atoms with Gasteiger partial charge in [0.1, 0.15) is 11.5 Å². The lowest BCUT2D eigenvalue weighted by Gasteiger charge is -2.10. The van der Waals surface area contributed by atoms with Crippen LogP contribution in [-0.4, -0.2) is 15.0 Å². The third-order valence-electron chi connectivity index (χ3n) is 2.56. The molecule has 2 aromatic heterocycles. The second kappa shape index (κ2) is 6.35. The molecule has 0 fully saturated rings. The lowest BCUT2D eigenvalue weighted by atomic mass is 10.1. The van der Waals surface area contributed by atoms with Gasteiger partial charge in [-0.25, -0.2) is 20.8 Å². The summed E-state index contributed by atoms with van der Waals surface area (Å²) in [6.07, 6.45) is 2.33. The molecule has 0 aliphatic carbocycles. The van der Waals surface area contributed by atoms with Gasteiger partial charge in [-0.15, -0.1) is 0 Å². The van der Waals surface area contributed by atoms with Crippen molar-refractivity contribution in [2.45, 2.75) is 20.3 Å². The highest BCUT2D eigenvalue weighted by Crippen LogP contribution is 2.26. The van der Waals surface area contributed by atoms with E-state index in [1.807, 2.05) is 6.07 Å². The monoisotopic (exact) mass is 311 g/mol. The highest BCUT2D eigenvalue weighted by atomic mass is 35.5. The number of nitrogens with zero attached hydrogens (tertiary/aromatic N) is 3. The van der Waals surface area contributed by atoms with Crippen LogP contribution in [0.3, 0.4) is 0 Å². The summed E-state index contributed by atoms with van der Waals surface area (Å²) in [4.78, 5) is 13.0. The van der Waals surface area contributed by atoms with Gasteiger partial charge < -0.3 is 5.43 Å². The number of nitrogens with one attached hydrogen (secondary N) is 1. The number of anilines is 1. The van der Waals surface area contributed by atoms with Crippen LogP contribution in [0.4, 0.5) is 5.82 Å². The molecular formula is C13H15Cl2N5. The van der Waals surface area contributed by atoms with Crippen LogP contribution < -0.4 is 11.3 Å². The molecule has 0 saturated carbocycles. The molecule has 0 aromatic carbocycles. The minimum absolute atomic E-state index is 0.405. The summed E-state index contributed by atoms with van der Waals surface area (Å²) in [5.41, 5.74) is 3.90. The van der Waals surface area contributed by atoms with E-state index in [9.17, 15) is 0 Å². The lowest BCUT2D eigenvalue weighted by Crippen LogP contribution is -2.11.